The van der Waals surface area contributed by atoms with Gasteiger partial charge in [-0.1, -0.05) is 26.5 Å². The molecule has 4 aromatic rings. The van der Waals surface area contributed by atoms with Crippen LogP contribution in [0.3, 0.4) is 0 Å². The molecule has 1 amide bonds. The predicted molar refractivity (Wildman–Crippen MR) is 165 cm³/mol. The van der Waals surface area contributed by atoms with Crippen LogP contribution in [0, 0.1) is 11.6 Å². The molecule has 1 saturated heterocycles. The Labute approximate surface area is 251 Å². The minimum atomic E-state index is -0.742. The molecule has 1 N–H and O–H groups in total. The fraction of sp³-hybridized carbons (Fsp3) is 0.323. The van der Waals surface area contributed by atoms with Crippen LogP contribution in [-0.4, -0.2) is 68.8 Å². The zero-order valence-corrected chi connectivity index (χ0v) is 24.8. The average molecular weight is 604 g/mol. The number of piperazine rings is 1. The van der Waals surface area contributed by atoms with Crippen LogP contribution in [0.2, 0.25) is 0 Å². The maximum atomic E-state index is 16.1. The van der Waals surface area contributed by atoms with Gasteiger partial charge in [-0.25, -0.2) is 23.1 Å². The number of fused-ring (bicyclic) bond motifs is 5. The molecule has 5 heterocycles. The van der Waals surface area contributed by atoms with Gasteiger partial charge in [-0.3, -0.25) is 9.78 Å². The van der Waals surface area contributed by atoms with Crippen LogP contribution in [0.5, 0.6) is 0 Å². The molecule has 43 heavy (non-hydrogen) atoms. The van der Waals surface area contributed by atoms with Crippen molar-refractivity contribution in [3.63, 3.8) is 0 Å². The molecular weight excluding hydrogens is 572 g/mol. The zero-order valence-electron chi connectivity index (χ0n) is 23.9. The van der Waals surface area contributed by atoms with Crippen molar-refractivity contribution in [2.75, 3.05) is 48.7 Å². The van der Waals surface area contributed by atoms with Gasteiger partial charge < -0.3 is 15.1 Å². The van der Waals surface area contributed by atoms with Crippen molar-refractivity contribution in [3.8, 4) is 16.9 Å². The van der Waals surface area contributed by atoms with Crippen molar-refractivity contribution in [2.45, 2.75) is 31.1 Å². The molecule has 1 aromatic carbocycles. The summed E-state index contributed by atoms with van der Waals surface area (Å²) in [6.07, 6.45) is 3.72. The molecule has 0 aliphatic carbocycles. The fourth-order valence-electron chi connectivity index (χ4n) is 5.60. The first-order valence-electron chi connectivity index (χ1n) is 14.2. The molecule has 2 aliphatic rings. The van der Waals surface area contributed by atoms with E-state index in [1.54, 1.807) is 35.0 Å². The van der Waals surface area contributed by atoms with E-state index in [-0.39, 0.29) is 34.5 Å². The summed E-state index contributed by atoms with van der Waals surface area (Å²) in [5.74, 6) is -0.629. The molecular formula is C31H31F2N7O2S. The molecule has 0 atom stereocenters. The highest BCUT2D eigenvalue weighted by atomic mass is 32.2. The number of amides is 1. The minimum absolute atomic E-state index is 0.00166. The zero-order chi connectivity index (χ0) is 30.2. The topological polar surface area (TPSA) is 96.3 Å². The summed E-state index contributed by atoms with van der Waals surface area (Å²) in [6, 6.07) is 7.68. The summed E-state index contributed by atoms with van der Waals surface area (Å²) < 4.78 is 32.9. The normalized spacial score (nSPS) is 15.3. The smallest absolute Gasteiger partial charge is 0.355 e. The molecule has 9 nitrogen and oxygen atoms in total. The van der Waals surface area contributed by atoms with Crippen molar-refractivity contribution in [1.82, 2.24) is 24.4 Å². The number of thioether (sulfide) groups is 1. The second-order valence-corrected chi connectivity index (χ2v) is 11.9. The van der Waals surface area contributed by atoms with Crippen LogP contribution in [0.15, 0.2) is 58.9 Å². The number of benzene rings is 1. The highest BCUT2D eigenvalue weighted by Crippen LogP contribution is 2.38. The van der Waals surface area contributed by atoms with Crippen LogP contribution in [0.4, 0.5) is 20.3 Å². The second-order valence-electron chi connectivity index (χ2n) is 10.7. The van der Waals surface area contributed by atoms with E-state index in [0.29, 0.717) is 60.9 Å². The maximum absolute atomic E-state index is 16.1. The Balaban J connectivity index is 1.66. The van der Waals surface area contributed by atoms with Crippen LogP contribution in [-0.2, 0) is 4.79 Å². The van der Waals surface area contributed by atoms with Crippen molar-refractivity contribution < 1.29 is 13.6 Å². The highest BCUT2D eigenvalue weighted by molar-refractivity contribution is 7.99. The van der Waals surface area contributed by atoms with Gasteiger partial charge in [0.15, 0.2) is 11.5 Å². The first kappa shape index (κ1) is 28.8. The van der Waals surface area contributed by atoms with Crippen LogP contribution >= 0.6 is 11.8 Å². The number of nitrogens with zero attached hydrogens (tertiary/aromatic N) is 6. The van der Waals surface area contributed by atoms with Gasteiger partial charge in [0.25, 0.3) is 0 Å². The molecule has 2 bridgehead atoms. The van der Waals surface area contributed by atoms with Crippen molar-refractivity contribution in [3.05, 3.63) is 77.0 Å². The van der Waals surface area contributed by atoms with E-state index in [1.807, 2.05) is 24.8 Å². The SMILES string of the molecule is C=CC(=O)N1CCN(c2nc(=O)n3c4nc(c(F)cc24)-c2c(F)cccc2NCCCSc2ccnc(C(C)C)c2-3)CC1. The Morgan fingerprint density at radius 1 is 1.12 bits per heavy atom. The van der Waals surface area contributed by atoms with E-state index in [4.69, 9.17) is 4.98 Å². The number of anilines is 2. The van der Waals surface area contributed by atoms with Gasteiger partial charge in [0.1, 0.15) is 17.3 Å². The third kappa shape index (κ3) is 5.24. The van der Waals surface area contributed by atoms with Gasteiger partial charge in [-0.2, -0.15) is 4.98 Å². The fourth-order valence-corrected chi connectivity index (χ4v) is 6.59. The number of carbonyl (C=O) groups excluding carboxylic acids is 1. The van der Waals surface area contributed by atoms with Gasteiger partial charge >= 0.3 is 5.69 Å². The molecule has 0 spiro atoms. The molecule has 12 heteroatoms. The molecule has 6 rings (SSSR count). The van der Waals surface area contributed by atoms with E-state index < -0.39 is 17.3 Å². The highest BCUT2D eigenvalue weighted by Gasteiger charge is 2.28. The van der Waals surface area contributed by atoms with Crippen molar-refractivity contribution in [2.24, 2.45) is 0 Å². The van der Waals surface area contributed by atoms with Gasteiger partial charge in [-0.15, -0.1) is 11.8 Å². The number of hydrogen-bond donors (Lipinski definition) is 1. The first-order chi connectivity index (χ1) is 20.8. The van der Waals surface area contributed by atoms with Crippen LogP contribution in [0.1, 0.15) is 31.9 Å². The standard InChI is InChI=1S/C31H31F2N7O2S/c1-4-24(41)38-12-14-39(15-13-38)29-19-17-21(33)27-25-20(32)7-5-8-22(25)34-10-6-16-43-23-9-11-35-26(18(2)3)28(23)40(30(19)36-27)31(42)37-29/h4-5,7-9,11,17-18,34H,1,6,10,12-16H2,2-3H3. The Morgan fingerprint density at radius 3 is 2.65 bits per heavy atom. The van der Waals surface area contributed by atoms with E-state index in [0.717, 1.165) is 11.3 Å². The van der Waals surface area contributed by atoms with Gasteiger partial charge in [0, 0.05) is 49.5 Å². The first-order valence-corrected chi connectivity index (χ1v) is 15.2. The van der Waals surface area contributed by atoms with Gasteiger partial charge in [-0.05, 0) is 48.4 Å². The van der Waals surface area contributed by atoms with E-state index >= 15 is 8.78 Å². The molecule has 1 fully saturated rings. The number of carbonyl (C=O) groups is 1. The number of hydrogen-bond acceptors (Lipinski definition) is 8. The quantitative estimate of drug-likeness (QED) is 0.328. The lowest BCUT2D eigenvalue weighted by Gasteiger charge is -2.35. The molecule has 0 unspecified atom stereocenters. The number of halogens is 2. The predicted octanol–water partition coefficient (Wildman–Crippen LogP) is 4.99. The minimum Gasteiger partial charge on any atom is -0.384 e. The summed E-state index contributed by atoms with van der Waals surface area (Å²) in [4.78, 5) is 44.4. The van der Waals surface area contributed by atoms with E-state index in [9.17, 15) is 9.59 Å². The van der Waals surface area contributed by atoms with Gasteiger partial charge in [0.05, 0.1) is 22.3 Å². The lowest BCUT2D eigenvalue weighted by atomic mass is 10.1. The Morgan fingerprint density at radius 2 is 1.91 bits per heavy atom. The molecule has 2 aliphatic heterocycles. The Bertz CT molecular complexity index is 1800. The summed E-state index contributed by atoms with van der Waals surface area (Å²) in [6.45, 7) is 9.59. The largest absolute Gasteiger partial charge is 0.384 e. The van der Waals surface area contributed by atoms with Crippen LogP contribution in [0.25, 0.3) is 28.0 Å². The monoisotopic (exact) mass is 603 g/mol. The number of pyridine rings is 2. The summed E-state index contributed by atoms with van der Waals surface area (Å²) >= 11 is 1.58. The summed E-state index contributed by atoms with van der Waals surface area (Å²) in [5.41, 5.74) is 0.984. The van der Waals surface area contributed by atoms with Crippen LogP contribution < -0.4 is 15.9 Å². The molecule has 0 radical (unpaired) electrons. The number of rotatable bonds is 3. The lowest BCUT2D eigenvalue weighted by molar-refractivity contribution is -0.126. The number of nitrogens with one attached hydrogen (secondary N) is 1. The maximum Gasteiger partial charge on any atom is 0.355 e. The van der Waals surface area contributed by atoms with E-state index in [2.05, 4.69) is 21.9 Å². The number of aromatic nitrogens is 4. The van der Waals surface area contributed by atoms with Crippen molar-refractivity contribution >= 4 is 40.2 Å². The van der Waals surface area contributed by atoms with E-state index in [1.165, 1.54) is 22.8 Å². The summed E-state index contributed by atoms with van der Waals surface area (Å²) in [7, 11) is 0. The Hall–Kier alpha value is -4.32. The second kappa shape index (κ2) is 11.8. The third-order valence-corrected chi connectivity index (χ3v) is 8.83. The average Bonchev–Trinajstić information content (AvgIpc) is 3.01. The van der Waals surface area contributed by atoms with Crippen molar-refractivity contribution in [1.29, 1.82) is 0 Å². The molecule has 0 saturated carbocycles. The molecule has 222 valence electrons. The molecule has 3 aromatic heterocycles. The third-order valence-electron chi connectivity index (χ3n) is 7.70. The lowest BCUT2D eigenvalue weighted by Crippen LogP contribution is -2.49. The van der Waals surface area contributed by atoms with Gasteiger partial charge in [0.2, 0.25) is 5.91 Å². The summed E-state index contributed by atoms with van der Waals surface area (Å²) in [5, 5.41) is 3.55. The Kier molecular flexibility index (Phi) is 7.87.